The summed E-state index contributed by atoms with van der Waals surface area (Å²) in [5.74, 6) is 0. The van der Waals surface area contributed by atoms with E-state index in [4.69, 9.17) is 0 Å². The van der Waals surface area contributed by atoms with Gasteiger partial charge in [0.15, 0.2) is 0 Å². The Bertz CT molecular complexity index is 13.5. The Morgan fingerprint density at radius 2 is 1.17 bits per heavy atom. The Kier molecular flexibility index (Phi) is 13.6. The second-order valence-corrected chi connectivity index (χ2v) is 0.247. The van der Waals surface area contributed by atoms with Crippen molar-refractivity contribution < 1.29 is 18.9 Å². The fourth-order valence-corrected chi connectivity index (χ4v) is 0. The standard InChI is InChI=1S/CHF3.CH5N/c2-1(3)4;1-2/h1H;2H2,1H3/p+1. The molecule has 0 fully saturated rings. The maximum absolute atomic E-state index is 9.67. The van der Waals surface area contributed by atoms with E-state index in [2.05, 4.69) is 5.73 Å². The van der Waals surface area contributed by atoms with Crippen molar-refractivity contribution in [3.05, 3.63) is 0 Å². The van der Waals surface area contributed by atoms with Gasteiger partial charge in [-0.1, -0.05) is 0 Å². The SMILES string of the molecule is C[NH3+].FC(F)F. The molecule has 0 amide bonds. The zero-order valence-corrected chi connectivity index (χ0v) is 3.42. The molecule has 40 valence electrons. The van der Waals surface area contributed by atoms with Crippen molar-refractivity contribution in [2.75, 3.05) is 7.05 Å². The van der Waals surface area contributed by atoms with Crippen LogP contribution in [-0.4, -0.2) is 13.7 Å². The van der Waals surface area contributed by atoms with Crippen LogP contribution in [0.2, 0.25) is 0 Å². The summed E-state index contributed by atoms with van der Waals surface area (Å²) in [5.41, 5.74) is 3.25. The van der Waals surface area contributed by atoms with Crippen molar-refractivity contribution in [3.8, 4) is 0 Å². The van der Waals surface area contributed by atoms with Gasteiger partial charge in [-0.3, -0.25) is 0 Å². The lowest BCUT2D eigenvalue weighted by atomic mass is 11.6. The van der Waals surface area contributed by atoms with Crippen molar-refractivity contribution in [1.29, 1.82) is 0 Å². The summed E-state index contributed by atoms with van der Waals surface area (Å²) in [5, 5.41) is 0. The molecule has 1 nitrogen and oxygen atoms in total. The molecule has 0 aromatic carbocycles. The van der Waals surface area contributed by atoms with Gasteiger partial charge in [-0.05, 0) is 0 Å². The van der Waals surface area contributed by atoms with E-state index < -0.39 is 6.68 Å². The second kappa shape index (κ2) is 8.83. The Hall–Kier alpha value is -0.250. The summed E-state index contributed by atoms with van der Waals surface area (Å²) in [6.45, 7) is -3.67. The monoisotopic (exact) mass is 102 g/mol. The van der Waals surface area contributed by atoms with Crippen molar-refractivity contribution in [2.24, 2.45) is 0 Å². The predicted molar refractivity (Wildman–Crippen MR) is 15.9 cm³/mol. The Balaban J connectivity index is 0. The van der Waals surface area contributed by atoms with Crippen LogP contribution in [0.4, 0.5) is 13.2 Å². The third kappa shape index (κ3) is 454. The van der Waals surface area contributed by atoms with Gasteiger partial charge in [0.1, 0.15) is 0 Å². The van der Waals surface area contributed by atoms with E-state index in [-0.39, 0.29) is 0 Å². The van der Waals surface area contributed by atoms with Gasteiger partial charge in [0.05, 0.1) is 7.05 Å². The highest BCUT2D eigenvalue weighted by Crippen LogP contribution is 1.87. The van der Waals surface area contributed by atoms with Crippen molar-refractivity contribution in [2.45, 2.75) is 6.68 Å². The molecule has 0 rings (SSSR count). The lowest BCUT2D eigenvalue weighted by Gasteiger charge is -1.65. The average molecular weight is 102 g/mol. The summed E-state index contributed by atoms with van der Waals surface area (Å²) in [7, 11) is 1.75. The first-order chi connectivity index (χ1) is 2.73. The molecular formula is C2H7F3N+. The topological polar surface area (TPSA) is 27.6 Å². The first kappa shape index (κ1) is 9.23. The normalized spacial score (nSPS) is 7.00. The average Bonchev–Trinajstić information content (AvgIpc) is 1.41. The molecule has 4 heteroatoms. The van der Waals surface area contributed by atoms with E-state index in [1.165, 1.54) is 0 Å². The molecule has 0 aliphatic heterocycles. The van der Waals surface area contributed by atoms with Crippen LogP contribution in [0.15, 0.2) is 0 Å². The summed E-state index contributed by atoms with van der Waals surface area (Å²) >= 11 is 0. The van der Waals surface area contributed by atoms with Gasteiger partial charge >= 0.3 is 6.68 Å². The Morgan fingerprint density at radius 3 is 1.17 bits per heavy atom. The first-order valence-corrected chi connectivity index (χ1v) is 1.36. The fraction of sp³-hybridized carbons (Fsp3) is 1.00. The Morgan fingerprint density at radius 1 is 1.17 bits per heavy atom. The van der Waals surface area contributed by atoms with Gasteiger partial charge in [0, 0.05) is 0 Å². The summed E-state index contributed by atoms with van der Waals surface area (Å²) in [4.78, 5) is 0. The fourth-order valence-electron chi connectivity index (χ4n) is 0. The molecule has 0 radical (unpaired) electrons. The molecule has 0 unspecified atom stereocenters. The Labute approximate surface area is 33.9 Å². The number of hydrogen-bond acceptors (Lipinski definition) is 0. The molecule has 0 saturated heterocycles. The van der Waals surface area contributed by atoms with Gasteiger partial charge in [-0.25, -0.2) is 0 Å². The van der Waals surface area contributed by atoms with Crippen molar-refractivity contribution in [1.82, 2.24) is 0 Å². The minimum Gasteiger partial charge on any atom is -0.360 e. The molecule has 0 atom stereocenters. The molecule has 0 heterocycles. The van der Waals surface area contributed by atoms with Crippen molar-refractivity contribution >= 4 is 0 Å². The molecule has 0 spiro atoms. The highest BCUT2D eigenvalue weighted by atomic mass is 19.4. The third-order valence-corrected chi connectivity index (χ3v) is 0. The molecule has 0 bridgehead atoms. The van der Waals surface area contributed by atoms with Crippen LogP contribution in [0.3, 0.4) is 0 Å². The number of hydrogen-bond donors (Lipinski definition) is 1. The molecule has 0 saturated carbocycles. The van der Waals surface area contributed by atoms with Crippen LogP contribution in [-0.2, 0) is 0 Å². The van der Waals surface area contributed by atoms with Gasteiger partial charge in [-0.2, -0.15) is 13.2 Å². The van der Waals surface area contributed by atoms with Crippen molar-refractivity contribution in [3.63, 3.8) is 0 Å². The zero-order valence-electron chi connectivity index (χ0n) is 3.42. The van der Waals surface area contributed by atoms with Crippen LogP contribution in [0, 0.1) is 0 Å². The summed E-state index contributed by atoms with van der Waals surface area (Å²) < 4.78 is 29.0. The van der Waals surface area contributed by atoms with E-state index >= 15 is 0 Å². The number of quaternary nitrogens is 1. The van der Waals surface area contributed by atoms with E-state index in [0.717, 1.165) is 0 Å². The minimum absolute atomic E-state index is 1.75. The lowest BCUT2D eigenvalue weighted by Crippen LogP contribution is -2.40. The number of halogens is 3. The largest absolute Gasteiger partial charge is 0.379 e. The summed E-state index contributed by atoms with van der Waals surface area (Å²) in [6, 6.07) is 0. The van der Waals surface area contributed by atoms with Crippen LogP contribution in [0.1, 0.15) is 0 Å². The molecule has 0 aromatic heterocycles. The molecule has 0 aliphatic rings. The van der Waals surface area contributed by atoms with Crippen LogP contribution in [0.25, 0.3) is 0 Å². The lowest BCUT2D eigenvalue weighted by molar-refractivity contribution is -0.325. The number of rotatable bonds is 0. The quantitative estimate of drug-likeness (QED) is 0.447. The second-order valence-electron chi connectivity index (χ2n) is 0.247. The van der Waals surface area contributed by atoms with E-state index in [1.54, 1.807) is 7.05 Å². The summed E-state index contributed by atoms with van der Waals surface area (Å²) in [6.07, 6.45) is 0. The molecule has 0 aliphatic carbocycles. The highest BCUT2D eigenvalue weighted by molar-refractivity contribution is 3.83. The molecule has 3 N–H and O–H groups in total. The van der Waals surface area contributed by atoms with E-state index in [9.17, 15) is 13.2 Å². The highest BCUT2D eigenvalue weighted by Gasteiger charge is 1.86. The first-order valence-electron chi connectivity index (χ1n) is 1.36. The van der Waals surface area contributed by atoms with Gasteiger partial charge in [0.25, 0.3) is 0 Å². The smallest absolute Gasteiger partial charge is 0.360 e. The van der Waals surface area contributed by atoms with Crippen LogP contribution >= 0.6 is 0 Å². The molecular weight excluding hydrogens is 95.0 g/mol. The van der Waals surface area contributed by atoms with Gasteiger partial charge < -0.3 is 5.73 Å². The van der Waals surface area contributed by atoms with Crippen LogP contribution < -0.4 is 5.73 Å². The third-order valence-electron chi connectivity index (χ3n) is 0. The number of alkyl halides is 3. The minimum atomic E-state index is -3.67. The maximum Gasteiger partial charge on any atom is 0.379 e. The van der Waals surface area contributed by atoms with Crippen LogP contribution in [0.5, 0.6) is 0 Å². The zero-order chi connectivity index (χ0) is 5.58. The van der Waals surface area contributed by atoms with Gasteiger partial charge in [-0.15, -0.1) is 0 Å². The van der Waals surface area contributed by atoms with E-state index in [1.807, 2.05) is 0 Å². The molecule has 0 aromatic rings. The molecule has 6 heavy (non-hydrogen) atoms. The predicted octanol–water partition coefficient (Wildman–Crippen LogP) is 0.0366. The maximum atomic E-state index is 9.67. The van der Waals surface area contributed by atoms with Gasteiger partial charge in [0.2, 0.25) is 0 Å². The van der Waals surface area contributed by atoms with E-state index in [0.29, 0.717) is 0 Å².